The van der Waals surface area contributed by atoms with E-state index in [2.05, 4.69) is 10.9 Å². The molecule has 0 spiro atoms. The molecule has 23 heavy (non-hydrogen) atoms. The number of amides is 2. The van der Waals surface area contributed by atoms with Gasteiger partial charge in [0.05, 0.1) is 5.02 Å². The zero-order chi connectivity index (χ0) is 16.8. The zero-order valence-corrected chi connectivity index (χ0v) is 13.6. The molecule has 2 aromatic carbocycles. The molecule has 2 rings (SSSR count). The Balaban J connectivity index is 1.90. The highest BCUT2D eigenvalue weighted by Crippen LogP contribution is 2.26. The van der Waals surface area contributed by atoms with E-state index in [1.54, 1.807) is 49.4 Å². The summed E-state index contributed by atoms with van der Waals surface area (Å²) in [4.78, 5) is 23.8. The van der Waals surface area contributed by atoms with Gasteiger partial charge in [-0.05, 0) is 43.7 Å². The number of hydrazine groups is 1. The van der Waals surface area contributed by atoms with Crippen LogP contribution in [0.3, 0.4) is 0 Å². The SMILES string of the molecule is Cc1ccc(Cl)c(OC(C)C(=O)NNC(=O)c2ccccc2)c1. The molecule has 1 atom stereocenters. The van der Waals surface area contributed by atoms with Crippen LogP contribution in [-0.4, -0.2) is 17.9 Å². The van der Waals surface area contributed by atoms with Gasteiger partial charge in [-0.25, -0.2) is 0 Å². The molecule has 0 radical (unpaired) electrons. The molecule has 6 heteroatoms. The molecule has 0 fully saturated rings. The van der Waals surface area contributed by atoms with Crippen molar-refractivity contribution < 1.29 is 14.3 Å². The maximum atomic E-state index is 12.0. The molecule has 0 saturated carbocycles. The Morgan fingerprint density at radius 2 is 1.78 bits per heavy atom. The average Bonchev–Trinajstić information content (AvgIpc) is 2.56. The standard InChI is InChI=1S/C17H17ClN2O3/c1-11-8-9-14(18)15(10-11)23-12(2)16(21)19-20-17(22)13-6-4-3-5-7-13/h3-10,12H,1-2H3,(H,19,21)(H,20,22). The molecular weight excluding hydrogens is 316 g/mol. The number of carbonyl (C=O) groups is 2. The third-order valence-corrected chi connectivity index (χ3v) is 3.41. The van der Waals surface area contributed by atoms with Gasteiger partial charge in [-0.1, -0.05) is 35.9 Å². The van der Waals surface area contributed by atoms with E-state index >= 15 is 0 Å². The quantitative estimate of drug-likeness (QED) is 0.846. The van der Waals surface area contributed by atoms with Crippen LogP contribution in [0.15, 0.2) is 48.5 Å². The van der Waals surface area contributed by atoms with Gasteiger partial charge < -0.3 is 4.74 Å². The van der Waals surface area contributed by atoms with Crippen LogP contribution < -0.4 is 15.6 Å². The van der Waals surface area contributed by atoms with Crippen molar-refractivity contribution >= 4 is 23.4 Å². The number of aryl methyl sites for hydroxylation is 1. The van der Waals surface area contributed by atoms with Crippen molar-refractivity contribution in [1.29, 1.82) is 0 Å². The molecule has 2 amide bonds. The Kier molecular flexibility index (Phi) is 5.60. The van der Waals surface area contributed by atoms with Crippen molar-refractivity contribution in [2.45, 2.75) is 20.0 Å². The Morgan fingerprint density at radius 1 is 1.09 bits per heavy atom. The zero-order valence-electron chi connectivity index (χ0n) is 12.8. The van der Waals surface area contributed by atoms with Gasteiger partial charge >= 0.3 is 0 Å². The smallest absolute Gasteiger partial charge is 0.279 e. The number of ether oxygens (including phenoxy) is 1. The monoisotopic (exact) mass is 332 g/mol. The first-order valence-electron chi connectivity index (χ1n) is 7.05. The Labute approximate surface area is 139 Å². The molecule has 0 aliphatic heterocycles. The minimum Gasteiger partial charge on any atom is -0.479 e. The van der Waals surface area contributed by atoms with Gasteiger partial charge in [-0.2, -0.15) is 0 Å². The number of rotatable bonds is 4. The summed E-state index contributed by atoms with van der Waals surface area (Å²) in [5.74, 6) is -0.463. The van der Waals surface area contributed by atoms with Crippen molar-refractivity contribution in [3.05, 3.63) is 64.7 Å². The first-order chi connectivity index (χ1) is 11.0. The lowest BCUT2D eigenvalue weighted by Crippen LogP contribution is -2.47. The predicted molar refractivity (Wildman–Crippen MR) is 88.3 cm³/mol. The van der Waals surface area contributed by atoms with Gasteiger partial charge in [-0.15, -0.1) is 0 Å². The van der Waals surface area contributed by atoms with E-state index in [4.69, 9.17) is 16.3 Å². The summed E-state index contributed by atoms with van der Waals surface area (Å²) in [6.07, 6.45) is -0.814. The van der Waals surface area contributed by atoms with Crippen LogP contribution in [0, 0.1) is 6.92 Å². The van der Waals surface area contributed by atoms with Gasteiger partial charge in [0.15, 0.2) is 6.10 Å². The highest BCUT2D eigenvalue weighted by molar-refractivity contribution is 6.32. The molecule has 2 N–H and O–H groups in total. The molecular formula is C17H17ClN2O3. The van der Waals surface area contributed by atoms with Crippen molar-refractivity contribution in [2.75, 3.05) is 0 Å². The Morgan fingerprint density at radius 3 is 2.48 bits per heavy atom. The molecule has 2 aromatic rings. The molecule has 1 unspecified atom stereocenters. The molecule has 120 valence electrons. The van der Waals surface area contributed by atoms with Gasteiger partial charge in [0.2, 0.25) is 0 Å². The summed E-state index contributed by atoms with van der Waals surface area (Å²) >= 11 is 6.03. The lowest BCUT2D eigenvalue weighted by Gasteiger charge is -2.16. The van der Waals surface area contributed by atoms with Crippen LogP contribution in [0.2, 0.25) is 5.02 Å². The van der Waals surface area contributed by atoms with E-state index in [0.29, 0.717) is 16.3 Å². The third-order valence-electron chi connectivity index (χ3n) is 3.09. The van der Waals surface area contributed by atoms with Crippen LogP contribution in [-0.2, 0) is 4.79 Å². The number of halogens is 1. The first kappa shape index (κ1) is 16.8. The normalized spacial score (nSPS) is 11.4. The van der Waals surface area contributed by atoms with E-state index in [1.165, 1.54) is 0 Å². The van der Waals surface area contributed by atoms with Crippen LogP contribution in [0.5, 0.6) is 5.75 Å². The van der Waals surface area contributed by atoms with Crippen LogP contribution in [0.1, 0.15) is 22.8 Å². The van der Waals surface area contributed by atoms with E-state index in [-0.39, 0.29) is 0 Å². The molecule has 0 aromatic heterocycles. The van der Waals surface area contributed by atoms with Gasteiger partial charge in [0, 0.05) is 5.56 Å². The second-order valence-corrected chi connectivity index (χ2v) is 5.41. The summed E-state index contributed by atoms with van der Waals surface area (Å²) in [5.41, 5.74) is 6.08. The fourth-order valence-corrected chi connectivity index (χ4v) is 1.99. The molecule has 0 heterocycles. The second kappa shape index (κ2) is 7.65. The minimum absolute atomic E-state index is 0.403. The van der Waals surface area contributed by atoms with Crippen LogP contribution in [0.4, 0.5) is 0 Å². The largest absolute Gasteiger partial charge is 0.479 e. The molecule has 0 aliphatic rings. The highest BCUT2D eigenvalue weighted by atomic mass is 35.5. The predicted octanol–water partition coefficient (Wildman–Crippen LogP) is 2.88. The number of hydrogen-bond acceptors (Lipinski definition) is 3. The lowest BCUT2D eigenvalue weighted by molar-refractivity contribution is -0.128. The summed E-state index contributed by atoms with van der Waals surface area (Å²) in [6, 6.07) is 13.9. The maximum Gasteiger partial charge on any atom is 0.279 e. The second-order valence-electron chi connectivity index (χ2n) is 5.00. The van der Waals surface area contributed by atoms with E-state index in [1.807, 2.05) is 13.0 Å². The molecule has 0 aliphatic carbocycles. The molecule has 0 saturated heterocycles. The Bertz CT molecular complexity index is 704. The molecule has 0 bridgehead atoms. The number of hydrogen-bond donors (Lipinski definition) is 2. The highest BCUT2D eigenvalue weighted by Gasteiger charge is 2.17. The van der Waals surface area contributed by atoms with Crippen molar-refractivity contribution in [3.8, 4) is 5.75 Å². The lowest BCUT2D eigenvalue weighted by atomic mass is 10.2. The summed E-state index contributed by atoms with van der Waals surface area (Å²) in [5, 5.41) is 0.420. The van der Waals surface area contributed by atoms with Crippen molar-refractivity contribution in [2.24, 2.45) is 0 Å². The summed E-state index contributed by atoms with van der Waals surface area (Å²) in [7, 11) is 0. The van der Waals surface area contributed by atoms with Crippen molar-refractivity contribution in [1.82, 2.24) is 10.9 Å². The first-order valence-corrected chi connectivity index (χ1v) is 7.43. The van der Waals surface area contributed by atoms with E-state index in [0.717, 1.165) is 5.56 Å². The maximum absolute atomic E-state index is 12.0. The van der Waals surface area contributed by atoms with Crippen LogP contribution in [0.25, 0.3) is 0 Å². The van der Waals surface area contributed by atoms with Gasteiger partial charge in [0.25, 0.3) is 11.8 Å². The van der Waals surface area contributed by atoms with E-state index in [9.17, 15) is 9.59 Å². The summed E-state index contributed by atoms with van der Waals surface area (Å²) < 4.78 is 5.53. The van der Waals surface area contributed by atoms with Crippen molar-refractivity contribution in [3.63, 3.8) is 0 Å². The number of nitrogens with one attached hydrogen (secondary N) is 2. The average molecular weight is 333 g/mol. The number of benzene rings is 2. The third kappa shape index (κ3) is 4.72. The van der Waals surface area contributed by atoms with Gasteiger partial charge in [-0.3, -0.25) is 20.4 Å². The number of carbonyl (C=O) groups excluding carboxylic acids is 2. The topological polar surface area (TPSA) is 67.4 Å². The molecule has 5 nitrogen and oxygen atoms in total. The van der Waals surface area contributed by atoms with Crippen LogP contribution >= 0.6 is 11.6 Å². The van der Waals surface area contributed by atoms with Gasteiger partial charge in [0.1, 0.15) is 5.75 Å². The van der Waals surface area contributed by atoms with E-state index < -0.39 is 17.9 Å². The fraction of sp³-hybridized carbons (Fsp3) is 0.176. The fourth-order valence-electron chi connectivity index (χ4n) is 1.83. The summed E-state index contributed by atoms with van der Waals surface area (Å²) in [6.45, 7) is 3.47. The Hall–Kier alpha value is -2.53. The minimum atomic E-state index is -0.814.